The van der Waals surface area contributed by atoms with Crippen LogP contribution in [0, 0.1) is 0 Å². The van der Waals surface area contributed by atoms with Gasteiger partial charge in [0.05, 0.1) is 27.5 Å². The summed E-state index contributed by atoms with van der Waals surface area (Å²) in [5.74, 6) is 1.35. The van der Waals surface area contributed by atoms with Crippen molar-refractivity contribution in [3.63, 3.8) is 0 Å². The molecule has 0 saturated carbocycles. The first-order chi connectivity index (χ1) is 13.2. The second-order valence-corrected chi connectivity index (χ2v) is 5.67. The molecule has 27 heavy (non-hydrogen) atoms. The summed E-state index contributed by atoms with van der Waals surface area (Å²) in [7, 11) is 4.65. The Kier molecular flexibility index (Phi) is 5.56. The third-order valence-corrected chi connectivity index (χ3v) is 4.14. The van der Waals surface area contributed by atoms with E-state index in [9.17, 15) is 4.79 Å². The molecule has 0 radical (unpaired) electrons. The van der Waals surface area contributed by atoms with Crippen LogP contribution in [0.1, 0.15) is 15.9 Å². The summed E-state index contributed by atoms with van der Waals surface area (Å²) in [6, 6.07) is 16.7. The molecule has 0 heterocycles. The van der Waals surface area contributed by atoms with Crippen LogP contribution in [0.25, 0.3) is 10.8 Å². The van der Waals surface area contributed by atoms with Gasteiger partial charge in [-0.25, -0.2) is 5.43 Å². The average molecular weight is 364 g/mol. The van der Waals surface area contributed by atoms with E-state index in [1.165, 1.54) is 6.21 Å². The quantitative estimate of drug-likeness (QED) is 0.536. The lowest BCUT2D eigenvalue weighted by Gasteiger charge is -2.11. The van der Waals surface area contributed by atoms with E-state index < -0.39 is 0 Å². The second kappa shape index (κ2) is 8.23. The summed E-state index contributed by atoms with van der Waals surface area (Å²) < 4.78 is 15.9. The van der Waals surface area contributed by atoms with E-state index in [0.29, 0.717) is 28.4 Å². The zero-order valence-electron chi connectivity index (χ0n) is 15.4. The molecule has 3 aromatic carbocycles. The molecule has 0 aromatic heterocycles. The van der Waals surface area contributed by atoms with Gasteiger partial charge in [0, 0.05) is 17.2 Å². The topological polar surface area (TPSA) is 69.2 Å². The molecule has 0 spiro atoms. The molecule has 0 aliphatic carbocycles. The van der Waals surface area contributed by atoms with E-state index >= 15 is 0 Å². The molecule has 3 rings (SSSR count). The normalized spacial score (nSPS) is 10.8. The monoisotopic (exact) mass is 364 g/mol. The second-order valence-electron chi connectivity index (χ2n) is 5.67. The van der Waals surface area contributed by atoms with Gasteiger partial charge in [0.15, 0.2) is 11.5 Å². The number of nitrogens with zero attached hydrogens (tertiary/aromatic N) is 1. The number of hydrogen-bond donors (Lipinski definition) is 1. The highest BCUT2D eigenvalue weighted by Crippen LogP contribution is 2.33. The van der Waals surface area contributed by atoms with E-state index in [0.717, 1.165) is 10.8 Å². The van der Waals surface area contributed by atoms with Gasteiger partial charge in [-0.15, -0.1) is 0 Å². The molecule has 0 atom stereocenters. The van der Waals surface area contributed by atoms with Gasteiger partial charge < -0.3 is 14.2 Å². The van der Waals surface area contributed by atoms with E-state index in [-0.39, 0.29) is 5.91 Å². The highest BCUT2D eigenvalue weighted by atomic mass is 16.5. The molecular formula is C21H20N2O4. The summed E-state index contributed by atoms with van der Waals surface area (Å²) in [5.41, 5.74) is 3.77. The zero-order valence-corrected chi connectivity index (χ0v) is 15.4. The molecule has 1 amide bonds. The number of methoxy groups -OCH3 is 3. The predicted molar refractivity (Wildman–Crippen MR) is 105 cm³/mol. The lowest BCUT2D eigenvalue weighted by Crippen LogP contribution is -2.18. The van der Waals surface area contributed by atoms with E-state index in [4.69, 9.17) is 14.2 Å². The van der Waals surface area contributed by atoms with Crippen LogP contribution < -0.4 is 19.6 Å². The minimum Gasteiger partial charge on any atom is -0.496 e. The maximum Gasteiger partial charge on any atom is 0.271 e. The lowest BCUT2D eigenvalue weighted by atomic mass is 10.0. The van der Waals surface area contributed by atoms with Crippen molar-refractivity contribution in [2.24, 2.45) is 5.10 Å². The number of carbonyl (C=O) groups excluding carboxylic acids is 1. The van der Waals surface area contributed by atoms with Crippen molar-refractivity contribution < 1.29 is 19.0 Å². The van der Waals surface area contributed by atoms with Crippen molar-refractivity contribution >= 4 is 22.9 Å². The smallest absolute Gasteiger partial charge is 0.271 e. The number of rotatable bonds is 6. The van der Waals surface area contributed by atoms with Crippen LogP contribution >= 0.6 is 0 Å². The Balaban J connectivity index is 1.84. The molecule has 0 unspecified atom stereocenters. The van der Waals surface area contributed by atoms with Crippen molar-refractivity contribution in [3.8, 4) is 17.2 Å². The Labute approximate surface area is 157 Å². The number of carbonyl (C=O) groups is 1. The molecule has 3 aromatic rings. The van der Waals surface area contributed by atoms with Crippen LogP contribution in [0.15, 0.2) is 59.7 Å². The fraction of sp³-hybridized carbons (Fsp3) is 0.143. The maximum absolute atomic E-state index is 12.5. The Morgan fingerprint density at radius 1 is 0.889 bits per heavy atom. The molecule has 0 fully saturated rings. The molecule has 0 saturated heterocycles. The third-order valence-electron chi connectivity index (χ3n) is 4.14. The van der Waals surface area contributed by atoms with E-state index in [2.05, 4.69) is 10.5 Å². The molecular weight excluding hydrogens is 344 g/mol. The number of benzene rings is 3. The van der Waals surface area contributed by atoms with Crippen LogP contribution in [0.3, 0.4) is 0 Å². The SMILES string of the molecule is COc1cc(OC)c(OC)cc1C=NNC(=O)c1cccc2ccccc12. The number of hydrogen-bond acceptors (Lipinski definition) is 5. The van der Waals surface area contributed by atoms with Crippen LogP contribution in [0.5, 0.6) is 17.2 Å². The molecule has 138 valence electrons. The van der Waals surface area contributed by atoms with Crippen LogP contribution in [-0.4, -0.2) is 33.5 Å². The molecule has 1 N–H and O–H groups in total. The number of amides is 1. The fourth-order valence-electron chi connectivity index (χ4n) is 2.80. The first kappa shape index (κ1) is 18.3. The van der Waals surface area contributed by atoms with Crippen LogP contribution in [0.4, 0.5) is 0 Å². The summed E-state index contributed by atoms with van der Waals surface area (Å²) in [5, 5.41) is 5.93. The van der Waals surface area contributed by atoms with Crippen molar-refractivity contribution in [3.05, 3.63) is 65.7 Å². The van der Waals surface area contributed by atoms with Crippen LogP contribution in [-0.2, 0) is 0 Å². The maximum atomic E-state index is 12.5. The number of fused-ring (bicyclic) bond motifs is 1. The van der Waals surface area contributed by atoms with E-state index in [1.807, 2.05) is 36.4 Å². The van der Waals surface area contributed by atoms with Gasteiger partial charge in [-0.3, -0.25) is 4.79 Å². The largest absolute Gasteiger partial charge is 0.496 e. The minimum absolute atomic E-state index is 0.289. The molecule has 0 aliphatic heterocycles. The first-order valence-corrected chi connectivity index (χ1v) is 8.29. The average Bonchev–Trinajstić information content (AvgIpc) is 2.72. The van der Waals surface area contributed by atoms with Gasteiger partial charge in [0.1, 0.15) is 5.75 Å². The van der Waals surface area contributed by atoms with Gasteiger partial charge >= 0.3 is 0 Å². The van der Waals surface area contributed by atoms with E-state index in [1.54, 1.807) is 39.5 Å². The van der Waals surface area contributed by atoms with Crippen molar-refractivity contribution in [2.75, 3.05) is 21.3 Å². The van der Waals surface area contributed by atoms with Crippen molar-refractivity contribution in [2.45, 2.75) is 0 Å². The van der Waals surface area contributed by atoms with Gasteiger partial charge in [-0.1, -0.05) is 36.4 Å². The highest BCUT2D eigenvalue weighted by Gasteiger charge is 2.11. The summed E-state index contributed by atoms with van der Waals surface area (Å²) in [6.07, 6.45) is 1.50. The van der Waals surface area contributed by atoms with Gasteiger partial charge in [0.25, 0.3) is 5.91 Å². The van der Waals surface area contributed by atoms with Crippen LogP contribution in [0.2, 0.25) is 0 Å². The fourth-order valence-corrected chi connectivity index (χ4v) is 2.80. The number of ether oxygens (including phenoxy) is 3. The number of hydrazone groups is 1. The Hall–Kier alpha value is -3.54. The minimum atomic E-state index is -0.289. The summed E-state index contributed by atoms with van der Waals surface area (Å²) >= 11 is 0. The standard InChI is InChI=1S/C21H20N2O4/c1-25-18-12-20(27-3)19(26-2)11-15(18)13-22-23-21(24)17-10-6-8-14-7-4-5-9-16(14)17/h4-13H,1-3H3,(H,23,24). The zero-order chi connectivity index (χ0) is 19.2. The Morgan fingerprint density at radius 2 is 1.56 bits per heavy atom. The lowest BCUT2D eigenvalue weighted by molar-refractivity contribution is 0.0957. The molecule has 0 bridgehead atoms. The Bertz CT molecular complexity index is 993. The first-order valence-electron chi connectivity index (χ1n) is 8.29. The number of nitrogens with one attached hydrogen (secondary N) is 1. The van der Waals surface area contributed by atoms with Gasteiger partial charge in [0.2, 0.25) is 0 Å². The summed E-state index contributed by atoms with van der Waals surface area (Å²) in [6.45, 7) is 0. The van der Waals surface area contributed by atoms with Gasteiger partial charge in [-0.2, -0.15) is 5.10 Å². The van der Waals surface area contributed by atoms with Gasteiger partial charge in [-0.05, 0) is 22.9 Å². The predicted octanol–water partition coefficient (Wildman–Crippen LogP) is 3.63. The molecule has 6 heteroatoms. The highest BCUT2D eigenvalue weighted by molar-refractivity contribution is 6.07. The third kappa shape index (κ3) is 3.84. The molecule has 6 nitrogen and oxygen atoms in total. The summed E-state index contributed by atoms with van der Waals surface area (Å²) in [4.78, 5) is 12.5. The van der Waals surface area contributed by atoms with Crippen molar-refractivity contribution in [1.82, 2.24) is 5.43 Å². The van der Waals surface area contributed by atoms with Crippen molar-refractivity contribution in [1.29, 1.82) is 0 Å². The Morgan fingerprint density at radius 3 is 2.30 bits per heavy atom. The molecule has 0 aliphatic rings.